The van der Waals surface area contributed by atoms with Gasteiger partial charge in [-0.1, -0.05) is 24.0 Å². The van der Waals surface area contributed by atoms with E-state index >= 15 is 0 Å². The summed E-state index contributed by atoms with van der Waals surface area (Å²) in [6, 6.07) is 6.91. The Bertz CT molecular complexity index is 368. The summed E-state index contributed by atoms with van der Waals surface area (Å²) < 4.78 is 0. The highest BCUT2D eigenvalue weighted by atomic mass is 16.4. The van der Waals surface area contributed by atoms with Crippen LogP contribution < -0.4 is 0 Å². The van der Waals surface area contributed by atoms with Gasteiger partial charge in [0.25, 0.3) is 0 Å². The first-order valence-electron chi connectivity index (χ1n) is 4.13. The molecule has 72 valence electrons. The maximum atomic E-state index is 10.4. The molecular weight excluding hydrogens is 180 g/mol. The summed E-state index contributed by atoms with van der Waals surface area (Å²) in [7, 11) is 0. The van der Waals surface area contributed by atoms with Crippen molar-refractivity contribution in [2.24, 2.45) is 0 Å². The molecule has 0 fully saturated rings. The van der Waals surface area contributed by atoms with Gasteiger partial charge in [-0.2, -0.15) is 0 Å². The van der Waals surface area contributed by atoms with E-state index in [4.69, 9.17) is 10.2 Å². The molecule has 0 aliphatic heterocycles. The van der Waals surface area contributed by atoms with E-state index in [0.29, 0.717) is 0 Å². The van der Waals surface area contributed by atoms with Gasteiger partial charge in [0.1, 0.15) is 6.61 Å². The van der Waals surface area contributed by atoms with E-state index in [0.717, 1.165) is 11.1 Å². The molecule has 14 heavy (non-hydrogen) atoms. The molecule has 0 saturated heterocycles. The van der Waals surface area contributed by atoms with Gasteiger partial charge in [0.15, 0.2) is 0 Å². The topological polar surface area (TPSA) is 57.5 Å². The van der Waals surface area contributed by atoms with Crippen LogP contribution in [-0.4, -0.2) is 22.8 Å². The Hall–Kier alpha value is -1.79. The third-order valence-corrected chi connectivity index (χ3v) is 1.62. The van der Waals surface area contributed by atoms with Crippen molar-refractivity contribution in [3.05, 3.63) is 35.4 Å². The fraction of sp³-hybridized carbons (Fsp3) is 0.182. The molecule has 0 atom stereocenters. The van der Waals surface area contributed by atoms with Gasteiger partial charge in [-0.3, -0.25) is 4.79 Å². The minimum Gasteiger partial charge on any atom is -0.481 e. The highest BCUT2D eigenvalue weighted by Gasteiger charge is 1.98. The number of hydrogen-bond acceptors (Lipinski definition) is 2. The monoisotopic (exact) mass is 190 g/mol. The lowest BCUT2D eigenvalue weighted by Crippen LogP contribution is -1.99. The van der Waals surface area contributed by atoms with Crippen LogP contribution in [0.15, 0.2) is 24.3 Å². The molecule has 0 amide bonds. The van der Waals surface area contributed by atoms with E-state index in [1.807, 2.05) is 0 Å². The van der Waals surface area contributed by atoms with Crippen LogP contribution >= 0.6 is 0 Å². The Morgan fingerprint density at radius 2 is 1.93 bits per heavy atom. The standard InChI is InChI=1S/C11H10O3/c12-7-1-2-9-3-5-10(6-4-9)8-11(13)14/h3-6,12H,7-8H2,(H,13,14). The first-order valence-corrected chi connectivity index (χ1v) is 4.13. The Morgan fingerprint density at radius 3 is 2.43 bits per heavy atom. The van der Waals surface area contributed by atoms with Crippen molar-refractivity contribution in [1.29, 1.82) is 0 Å². The van der Waals surface area contributed by atoms with Crippen molar-refractivity contribution in [3.8, 4) is 11.8 Å². The van der Waals surface area contributed by atoms with Crippen molar-refractivity contribution in [2.75, 3.05) is 6.61 Å². The molecule has 1 aromatic rings. The Kier molecular flexibility index (Phi) is 3.71. The number of carbonyl (C=O) groups is 1. The van der Waals surface area contributed by atoms with Crippen LogP contribution in [0.2, 0.25) is 0 Å². The SMILES string of the molecule is O=C(O)Cc1ccc(C#CCO)cc1. The van der Waals surface area contributed by atoms with Crippen molar-refractivity contribution in [2.45, 2.75) is 6.42 Å². The number of aliphatic carboxylic acids is 1. The average molecular weight is 190 g/mol. The summed E-state index contributed by atoms with van der Waals surface area (Å²) in [6.07, 6.45) is 0.0215. The highest BCUT2D eigenvalue weighted by Crippen LogP contribution is 2.03. The molecule has 0 aliphatic rings. The summed E-state index contributed by atoms with van der Waals surface area (Å²) in [4.78, 5) is 10.4. The smallest absolute Gasteiger partial charge is 0.307 e. The lowest BCUT2D eigenvalue weighted by Gasteiger charge is -1.96. The van der Waals surface area contributed by atoms with Gasteiger partial charge in [0, 0.05) is 5.56 Å². The minimum absolute atomic E-state index is 0.0215. The summed E-state index contributed by atoms with van der Waals surface area (Å²) in [5.74, 6) is 4.39. The van der Waals surface area contributed by atoms with E-state index in [9.17, 15) is 4.79 Å². The number of aliphatic hydroxyl groups excluding tert-OH is 1. The first kappa shape index (κ1) is 10.3. The zero-order chi connectivity index (χ0) is 10.4. The molecule has 3 heteroatoms. The van der Waals surface area contributed by atoms with Gasteiger partial charge in [0.05, 0.1) is 6.42 Å². The predicted molar refractivity (Wildman–Crippen MR) is 51.7 cm³/mol. The second-order valence-corrected chi connectivity index (χ2v) is 2.73. The summed E-state index contributed by atoms with van der Waals surface area (Å²) in [6.45, 7) is -0.170. The number of benzene rings is 1. The molecule has 0 aliphatic carbocycles. The normalized spacial score (nSPS) is 8.93. The fourth-order valence-corrected chi connectivity index (χ4v) is 1.02. The number of hydrogen-bond donors (Lipinski definition) is 2. The third kappa shape index (κ3) is 3.30. The van der Waals surface area contributed by atoms with Gasteiger partial charge >= 0.3 is 5.97 Å². The van der Waals surface area contributed by atoms with Crippen molar-refractivity contribution >= 4 is 5.97 Å². The van der Waals surface area contributed by atoms with E-state index in [1.54, 1.807) is 24.3 Å². The molecule has 0 radical (unpaired) electrons. The molecule has 1 aromatic carbocycles. The van der Waals surface area contributed by atoms with E-state index < -0.39 is 5.97 Å². The fourth-order valence-electron chi connectivity index (χ4n) is 1.02. The first-order chi connectivity index (χ1) is 6.72. The van der Waals surface area contributed by atoms with Crippen molar-refractivity contribution in [1.82, 2.24) is 0 Å². The summed E-state index contributed by atoms with van der Waals surface area (Å²) in [5, 5.41) is 17.0. The second kappa shape index (κ2) is 5.05. The maximum absolute atomic E-state index is 10.4. The predicted octanol–water partition coefficient (Wildman–Crippen LogP) is 0.658. The lowest BCUT2D eigenvalue weighted by molar-refractivity contribution is -0.136. The Morgan fingerprint density at radius 1 is 1.29 bits per heavy atom. The second-order valence-electron chi connectivity index (χ2n) is 2.73. The molecule has 1 rings (SSSR count). The van der Waals surface area contributed by atoms with Gasteiger partial charge in [-0.15, -0.1) is 0 Å². The average Bonchev–Trinajstić information content (AvgIpc) is 2.16. The van der Waals surface area contributed by atoms with Gasteiger partial charge in [-0.05, 0) is 17.7 Å². The van der Waals surface area contributed by atoms with Crippen LogP contribution in [0.4, 0.5) is 0 Å². The zero-order valence-electron chi connectivity index (χ0n) is 7.53. The van der Waals surface area contributed by atoms with Crippen molar-refractivity contribution in [3.63, 3.8) is 0 Å². The van der Waals surface area contributed by atoms with Crippen LogP contribution in [0.5, 0.6) is 0 Å². The van der Waals surface area contributed by atoms with Crippen LogP contribution in [0.3, 0.4) is 0 Å². The van der Waals surface area contributed by atoms with E-state index in [2.05, 4.69) is 11.8 Å². The van der Waals surface area contributed by atoms with E-state index in [-0.39, 0.29) is 13.0 Å². The molecular formula is C11H10O3. The Labute approximate surface area is 82.0 Å². The quantitative estimate of drug-likeness (QED) is 0.673. The molecule has 0 saturated carbocycles. The van der Waals surface area contributed by atoms with Crippen LogP contribution in [-0.2, 0) is 11.2 Å². The van der Waals surface area contributed by atoms with Gasteiger partial charge < -0.3 is 10.2 Å². The van der Waals surface area contributed by atoms with Gasteiger partial charge in [0.2, 0.25) is 0 Å². The zero-order valence-corrected chi connectivity index (χ0v) is 7.53. The van der Waals surface area contributed by atoms with Crippen LogP contribution in [0, 0.1) is 11.8 Å². The Balaban J connectivity index is 2.73. The molecule has 0 spiro atoms. The molecule has 3 nitrogen and oxygen atoms in total. The maximum Gasteiger partial charge on any atom is 0.307 e. The minimum atomic E-state index is -0.848. The van der Waals surface area contributed by atoms with E-state index in [1.165, 1.54) is 0 Å². The lowest BCUT2D eigenvalue weighted by atomic mass is 10.1. The van der Waals surface area contributed by atoms with Gasteiger partial charge in [-0.25, -0.2) is 0 Å². The molecule has 0 aromatic heterocycles. The van der Waals surface area contributed by atoms with Crippen LogP contribution in [0.25, 0.3) is 0 Å². The largest absolute Gasteiger partial charge is 0.481 e. The number of carboxylic acid groups (broad SMARTS) is 1. The molecule has 0 bridgehead atoms. The number of aliphatic hydroxyl groups is 1. The van der Waals surface area contributed by atoms with Crippen molar-refractivity contribution < 1.29 is 15.0 Å². The van der Waals surface area contributed by atoms with Crippen LogP contribution in [0.1, 0.15) is 11.1 Å². The molecule has 0 heterocycles. The summed E-state index contributed by atoms with van der Waals surface area (Å²) in [5.41, 5.74) is 1.51. The number of rotatable bonds is 2. The molecule has 0 unspecified atom stereocenters. The number of carboxylic acids is 1. The highest BCUT2D eigenvalue weighted by molar-refractivity contribution is 5.70. The third-order valence-electron chi connectivity index (χ3n) is 1.62. The molecule has 2 N–H and O–H groups in total. The summed E-state index contributed by atoms with van der Waals surface area (Å²) >= 11 is 0.